The number of nitriles is 1. The predicted octanol–water partition coefficient (Wildman–Crippen LogP) is 3.35. The summed E-state index contributed by atoms with van der Waals surface area (Å²) in [6.45, 7) is 4.04. The highest BCUT2D eigenvalue weighted by Crippen LogP contribution is 2.29. The van der Waals surface area contributed by atoms with Gasteiger partial charge in [0.2, 0.25) is 0 Å². The smallest absolute Gasteiger partial charge is 0.339 e. The fraction of sp³-hybridized carbons (Fsp3) is 0.312. The normalized spacial score (nSPS) is 10.6. The third kappa shape index (κ3) is 2.65. The first kappa shape index (κ1) is 14.8. The Morgan fingerprint density at radius 3 is 2.62 bits per heavy atom. The number of hydrogen-bond acceptors (Lipinski definition) is 3. The van der Waals surface area contributed by atoms with Gasteiger partial charge in [0.15, 0.2) is 0 Å². The van der Waals surface area contributed by atoms with Gasteiger partial charge in [-0.25, -0.2) is 9.48 Å². The molecule has 2 aromatic rings. The maximum absolute atomic E-state index is 11.4. The number of hydrogen-bond donors (Lipinski definition) is 1. The minimum atomic E-state index is -0.988. The first-order chi connectivity index (χ1) is 10.1. The lowest BCUT2D eigenvalue weighted by Crippen LogP contribution is -2.12. The zero-order chi connectivity index (χ0) is 15.4. The van der Waals surface area contributed by atoms with E-state index in [0.717, 1.165) is 12.8 Å². The summed E-state index contributed by atoms with van der Waals surface area (Å²) in [6.07, 6.45) is 3.00. The van der Waals surface area contributed by atoms with Crippen molar-refractivity contribution in [3.63, 3.8) is 0 Å². The molecule has 1 aromatic heterocycles. The van der Waals surface area contributed by atoms with E-state index in [0.29, 0.717) is 16.9 Å². The van der Waals surface area contributed by atoms with E-state index in [2.05, 4.69) is 11.2 Å². The summed E-state index contributed by atoms with van der Waals surface area (Å²) < 4.78 is 1.60. The van der Waals surface area contributed by atoms with E-state index in [-0.39, 0.29) is 11.5 Å². The first-order valence-electron chi connectivity index (χ1n) is 6.94. The van der Waals surface area contributed by atoms with Crippen molar-refractivity contribution in [1.82, 2.24) is 9.78 Å². The molecule has 1 N–H and O–H groups in total. The molecule has 0 saturated heterocycles. The van der Waals surface area contributed by atoms with E-state index in [1.807, 2.05) is 19.9 Å². The number of carbonyl (C=O) groups is 1. The number of aromatic carboxylic acids is 1. The zero-order valence-electron chi connectivity index (χ0n) is 12.1. The number of para-hydroxylation sites is 1. The topological polar surface area (TPSA) is 78.9 Å². The molecule has 0 unspecified atom stereocenters. The van der Waals surface area contributed by atoms with Gasteiger partial charge < -0.3 is 5.11 Å². The van der Waals surface area contributed by atoms with Gasteiger partial charge in [0.05, 0.1) is 23.1 Å². The Morgan fingerprint density at radius 2 is 2.05 bits per heavy atom. The van der Waals surface area contributed by atoms with Gasteiger partial charge in [-0.15, -0.1) is 0 Å². The maximum atomic E-state index is 11.4. The second kappa shape index (κ2) is 6.23. The third-order valence-corrected chi connectivity index (χ3v) is 3.66. The van der Waals surface area contributed by atoms with Gasteiger partial charge in [-0.3, -0.25) is 0 Å². The lowest BCUT2D eigenvalue weighted by Gasteiger charge is -2.17. The van der Waals surface area contributed by atoms with Gasteiger partial charge in [0, 0.05) is 5.92 Å². The van der Waals surface area contributed by atoms with Crippen LogP contribution in [0.2, 0.25) is 0 Å². The van der Waals surface area contributed by atoms with Gasteiger partial charge in [-0.1, -0.05) is 26.0 Å². The summed E-state index contributed by atoms with van der Waals surface area (Å²) >= 11 is 0. The highest BCUT2D eigenvalue weighted by atomic mass is 16.4. The van der Waals surface area contributed by atoms with E-state index in [9.17, 15) is 15.2 Å². The second-order valence-corrected chi connectivity index (χ2v) is 4.80. The van der Waals surface area contributed by atoms with Crippen LogP contribution in [-0.4, -0.2) is 20.9 Å². The highest BCUT2D eigenvalue weighted by Gasteiger charge is 2.24. The zero-order valence-corrected chi connectivity index (χ0v) is 12.1. The van der Waals surface area contributed by atoms with Gasteiger partial charge in [-0.05, 0) is 25.0 Å². The molecule has 1 heterocycles. The number of benzene rings is 1. The fourth-order valence-electron chi connectivity index (χ4n) is 2.54. The molecule has 0 aliphatic carbocycles. The molecule has 0 fully saturated rings. The average Bonchev–Trinajstić information content (AvgIpc) is 2.93. The minimum absolute atomic E-state index is 0.0883. The fourth-order valence-corrected chi connectivity index (χ4v) is 2.54. The molecule has 5 heteroatoms. The van der Waals surface area contributed by atoms with Crippen molar-refractivity contribution in [2.45, 2.75) is 32.6 Å². The summed E-state index contributed by atoms with van der Waals surface area (Å²) in [6, 6.07) is 9.20. The van der Waals surface area contributed by atoms with Crippen LogP contribution in [0.15, 0.2) is 30.5 Å². The van der Waals surface area contributed by atoms with Crippen molar-refractivity contribution in [1.29, 1.82) is 5.26 Å². The van der Waals surface area contributed by atoms with Crippen molar-refractivity contribution in [3.05, 3.63) is 47.3 Å². The Bertz CT molecular complexity index is 694. The summed E-state index contributed by atoms with van der Waals surface area (Å²) in [4.78, 5) is 11.4. The summed E-state index contributed by atoms with van der Waals surface area (Å²) in [7, 11) is 0. The lowest BCUT2D eigenvalue weighted by atomic mass is 9.96. The SMILES string of the molecule is CCC(CC)c1c(C(=O)O)cnn1-c1ccccc1C#N. The van der Waals surface area contributed by atoms with Gasteiger partial charge >= 0.3 is 5.97 Å². The van der Waals surface area contributed by atoms with Crippen LogP contribution >= 0.6 is 0 Å². The summed E-state index contributed by atoms with van der Waals surface area (Å²) in [5.74, 6) is -0.900. The molecule has 108 valence electrons. The van der Waals surface area contributed by atoms with E-state index < -0.39 is 5.97 Å². The first-order valence-corrected chi connectivity index (χ1v) is 6.94. The van der Waals surface area contributed by atoms with Crippen LogP contribution < -0.4 is 0 Å². The Balaban J connectivity index is 2.70. The number of rotatable bonds is 5. The molecular weight excluding hydrogens is 266 g/mol. The van der Waals surface area contributed by atoms with E-state index in [1.54, 1.807) is 22.9 Å². The summed E-state index contributed by atoms with van der Waals surface area (Å²) in [5, 5.41) is 22.8. The van der Waals surface area contributed by atoms with Gasteiger partial charge in [-0.2, -0.15) is 10.4 Å². The Kier molecular flexibility index (Phi) is 4.39. The van der Waals surface area contributed by atoms with Crippen LogP contribution in [0.25, 0.3) is 5.69 Å². The minimum Gasteiger partial charge on any atom is -0.478 e. The molecule has 0 spiro atoms. The number of nitrogens with zero attached hydrogens (tertiary/aromatic N) is 3. The van der Waals surface area contributed by atoms with Crippen LogP contribution in [0, 0.1) is 11.3 Å². The molecule has 21 heavy (non-hydrogen) atoms. The second-order valence-electron chi connectivity index (χ2n) is 4.80. The number of carboxylic acid groups (broad SMARTS) is 1. The van der Waals surface area contributed by atoms with Crippen molar-refractivity contribution in [2.24, 2.45) is 0 Å². The van der Waals surface area contributed by atoms with E-state index in [4.69, 9.17) is 0 Å². The highest BCUT2D eigenvalue weighted by molar-refractivity contribution is 5.89. The van der Waals surface area contributed by atoms with Crippen molar-refractivity contribution in [3.8, 4) is 11.8 Å². The van der Waals surface area contributed by atoms with E-state index in [1.165, 1.54) is 6.20 Å². The van der Waals surface area contributed by atoms with Crippen molar-refractivity contribution < 1.29 is 9.90 Å². The maximum Gasteiger partial charge on any atom is 0.339 e. The standard InChI is InChI=1S/C16H17N3O2/c1-3-11(4-2)15-13(16(20)21)10-18-19(15)14-8-6-5-7-12(14)9-17/h5-8,10-11H,3-4H2,1-2H3,(H,20,21). The van der Waals surface area contributed by atoms with Crippen LogP contribution in [0.1, 0.15) is 54.2 Å². The largest absolute Gasteiger partial charge is 0.478 e. The Morgan fingerprint density at radius 1 is 1.38 bits per heavy atom. The van der Waals surface area contributed by atoms with Crippen LogP contribution in [0.3, 0.4) is 0 Å². The van der Waals surface area contributed by atoms with Crippen molar-refractivity contribution in [2.75, 3.05) is 0 Å². The number of aromatic nitrogens is 2. The molecule has 5 nitrogen and oxygen atoms in total. The molecule has 0 saturated carbocycles. The Hall–Kier alpha value is -2.61. The quantitative estimate of drug-likeness (QED) is 0.912. The van der Waals surface area contributed by atoms with Crippen LogP contribution in [-0.2, 0) is 0 Å². The molecule has 0 aliphatic rings. The van der Waals surface area contributed by atoms with E-state index >= 15 is 0 Å². The molecule has 1 aromatic carbocycles. The lowest BCUT2D eigenvalue weighted by molar-refractivity contribution is 0.0695. The Labute approximate surface area is 123 Å². The third-order valence-electron chi connectivity index (χ3n) is 3.66. The van der Waals surface area contributed by atoms with Gasteiger partial charge in [0.25, 0.3) is 0 Å². The molecule has 0 amide bonds. The monoisotopic (exact) mass is 283 g/mol. The van der Waals surface area contributed by atoms with Crippen molar-refractivity contribution >= 4 is 5.97 Å². The predicted molar refractivity (Wildman–Crippen MR) is 78.6 cm³/mol. The average molecular weight is 283 g/mol. The molecule has 0 bridgehead atoms. The summed E-state index contributed by atoms with van der Waals surface area (Å²) in [5.41, 5.74) is 1.96. The molecule has 0 atom stereocenters. The van der Waals surface area contributed by atoms with Gasteiger partial charge in [0.1, 0.15) is 11.6 Å². The van der Waals surface area contributed by atoms with Crippen LogP contribution in [0.4, 0.5) is 0 Å². The molecule has 0 aliphatic heterocycles. The number of carboxylic acids is 1. The molecule has 0 radical (unpaired) electrons. The molecule has 2 rings (SSSR count). The molecular formula is C16H17N3O2. The van der Waals surface area contributed by atoms with Crippen LogP contribution in [0.5, 0.6) is 0 Å².